The Labute approximate surface area is 108 Å². The average Bonchev–Trinajstić information content (AvgIpc) is 2.40. The molecule has 3 fully saturated rings. The van der Waals surface area contributed by atoms with Crippen molar-refractivity contribution in [3.8, 4) is 0 Å². The first-order chi connectivity index (χ1) is 8.69. The number of nitrogens with zero attached hydrogens (tertiary/aromatic N) is 1. The van der Waals surface area contributed by atoms with Crippen LogP contribution < -0.4 is 0 Å². The van der Waals surface area contributed by atoms with E-state index in [9.17, 15) is 9.90 Å². The zero-order chi connectivity index (χ0) is 12.6. The van der Waals surface area contributed by atoms with Gasteiger partial charge in [0.1, 0.15) is 19.2 Å². The third-order valence-corrected chi connectivity index (χ3v) is 4.64. The Hall–Kier alpha value is -1.19. The number of carbonyl (C=O) groups is 1. The maximum absolute atomic E-state index is 12.3. The molecule has 4 rings (SSSR count). The second kappa shape index (κ2) is 4.48. The van der Waals surface area contributed by atoms with Crippen molar-refractivity contribution >= 4 is 5.78 Å². The maximum atomic E-state index is 12.3. The molecular weight excluding hydrogens is 226 g/mol. The number of aliphatic hydroxyl groups is 1. The fraction of sp³-hybridized carbons (Fsp3) is 0.533. The molecular formula is C15H20NO2+. The molecule has 0 amide bonds. The Morgan fingerprint density at radius 2 is 1.89 bits per heavy atom. The highest BCUT2D eigenvalue weighted by molar-refractivity contribution is 5.96. The van der Waals surface area contributed by atoms with Crippen molar-refractivity contribution in [2.45, 2.75) is 18.9 Å². The summed E-state index contributed by atoms with van der Waals surface area (Å²) in [5.74, 6) is 0.694. The van der Waals surface area contributed by atoms with Gasteiger partial charge in [-0.15, -0.1) is 0 Å². The van der Waals surface area contributed by atoms with Crippen molar-refractivity contribution in [3.05, 3.63) is 35.9 Å². The van der Waals surface area contributed by atoms with Crippen molar-refractivity contribution in [1.29, 1.82) is 0 Å². The summed E-state index contributed by atoms with van der Waals surface area (Å²) in [6.07, 6.45) is 1.95. The number of hydrogen-bond donors (Lipinski definition) is 1. The standard InChI is InChI=1S/C15H20NO2/c17-14(12-4-2-1-3-5-12)10-16-8-6-13(7-9-16)15(18)11-16/h1-5,13,15,18H,6-11H2/q+1. The molecule has 0 aliphatic carbocycles. The molecule has 0 radical (unpaired) electrons. The van der Waals surface area contributed by atoms with Gasteiger partial charge >= 0.3 is 0 Å². The third kappa shape index (κ3) is 2.08. The number of fused-ring (bicyclic) bond motifs is 3. The highest BCUT2D eigenvalue weighted by atomic mass is 16.3. The summed E-state index contributed by atoms with van der Waals surface area (Å²) in [7, 11) is 0. The van der Waals surface area contributed by atoms with E-state index >= 15 is 0 Å². The van der Waals surface area contributed by atoms with Crippen LogP contribution in [0, 0.1) is 5.92 Å². The number of aliphatic hydroxyl groups excluding tert-OH is 1. The molecule has 3 aliphatic heterocycles. The molecule has 3 heteroatoms. The van der Waals surface area contributed by atoms with E-state index in [-0.39, 0.29) is 11.9 Å². The third-order valence-electron chi connectivity index (χ3n) is 4.64. The van der Waals surface area contributed by atoms with E-state index in [0.717, 1.165) is 42.5 Å². The highest BCUT2D eigenvalue weighted by Crippen LogP contribution is 2.33. The summed E-state index contributed by atoms with van der Waals surface area (Å²) in [6, 6.07) is 9.51. The number of carbonyl (C=O) groups excluding carboxylic acids is 1. The molecule has 2 bridgehead atoms. The Morgan fingerprint density at radius 1 is 1.22 bits per heavy atom. The van der Waals surface area contributed by atoms with Gasteiger partial charge in [0.15, 0.2) is 0 Å². The number of hydrogen-bond acceptors (Lipinski definition) is 2. The van der Waals surface area contributed by atoms with E-state index in [1.165, 1.54) is 0 Å². The molecule has 1 aromatic rings. The number of benzene rings is 1. The van der Waals surface area contributed by atoms with E-state index in [2.05, 4.69) is 0 Å². The molecule has 1 atom stereocenters. The van der Waals surface area contributed by atoms with Crippen LogP contribution in [-0.2, 0) is 0 Å². The summed E-state index contributed by atoms with van der Waals surface area (Å²) in [4.78, 5) is 12.3. The van der Waals surface area contributed by atoms with Crippen LogP contribution in [0.15, 0.2) is 30.3 Å². The first-order valence-corrected chi connectivity index (χ1v) is 6.80. The molecule has 0 saturated carbocycles. The Morgan fingerprint density at radius 3 is 2.50 bits per heavy atom. The predicted octanol–water partition coefficient (Wildman–Crippen LogP) is 1.47. The number of Topliss-reactive ketones (excluding diaryl/α,β-unsaturated/α-hetero) is 1. The van der Waals surface area contributed by atoms with Crippen LogP contribution in [0.5, 0.6) is 0 Å². The van der Waals surface area contributed by atoms with Gasteiger partial charge in [-0.1, -0.05) is 30.3 Å². The average molecular weight is 246 g/mol. The summed E-state index contributed by atoms with van der Waals surface area (Å²) >= 11 is 0. The Kier molecular flexibility index (Phi) is 2.96. The maximum Gasteiger partial charge on any atom is 0.216 e. The van der Waals surface area contributed by atoms with Gasteiger partial charge in [0.05, 0.1) is 13.1 Å². The minimum Gasteiger partial charge on any atom is -0.387 e. The van der Waals surface area contributed by atoms with E-state index in [4.69, 9.17) is 0 Å². The largest absolute Gasteiger partial charge is 0.387 e. The monoisotopic (exact) mass is 246 g/mol. The zero-order valence-corrected chi connectivity index (χ0v) is 10.6. The first kappa shape index (κ1) is 11.9. The first-order valence-electron chi connectivity index (χ1n) is 6.80. The lowest BCUT2D eigenvalue weighted by molar-refractivity contribution is -0.938. The van der Waals surface area contributed by atoms with Crippen molar-refractivity contribution < 1.29 is 14.4 Å². The Balaban J connectivity index is 1.74. The molecule has 3 aliphatic rings. The molecule has 1 N–H and O–H groups in total. The van der Waals surface area contributed by atoms with Gasteiger partial charge in [-0.05, 0) is 0 Å². The summed E-state index contributed by atoms with van der Waals surface area (Å²) in [5, 5.41) is 10.0. The van der Waals surface area contributed by atoms with E-state index in [0.29, 0.717) is 12.5 Å². The van der Waals surface area contributed by atoms with Crippen molar-refractivity contribution in [1.82, 2.24) is 0 Å². The van der Waals surface area contributed by atoms with Gasteiger partial charge in [-0.2, -0.15) is 0 Å². The van der Waals surface area contributed by atoms with Crippen LogP contribution in [0.25, 0.3) is 0 Å². The molecule has 3 saturated heterocycles. The summed E-state index contributed by atoms with van der Waals surface area (Å²) in [5.41, 5.74) is 0.798. The van der Waals surface area contributed by atoms with E-state index < -0.39 is 0 Å². The number of quaternary nitrogens is 1. The van der Waals surface area contributed by atoms with Crippen LogP contribution in [0.3, 0.4) is 0 Å². The fourth-order valence-electron chi connectivity index (χ4n) is 3.49. The topological polar surface area (TPSA) is 37.3 Å². The van der Waals surface area contributed by atoms with Crippen LogP contribution in [0.4, 0.5) is 0 Å². The minimum absolute atomic E-state index is 0.198. The van der Waals surface area contributed by atoms with E-state index in [1.54, 1.807) is 0 Å². The van der Waals surface area contributed by atoms with E-state index in [1.807, 2.05) is 30.3 Å². The van der Waals surface area contributed by atoms with Gasteiger partial charge in [-0.3, -0.25) is 4.79 Å². The van der Waals surface area contributed by atoms with Gasteiger partial charge in [-0.25, -0.2) is 0 Å². The van der Waals surface area contributed by atoms with Crippen molar-refractivity contribution in [2.75, 3.05) is 26.2 Å². The van der Waals surface area contributed by atoms with Crippen LogP contribution in [0.1, 0.15) is 23.2 Å². The lowest BCUT2D eigenvalue weighted by Crippen LogP contribution is -2.65. The molecule has 3 heterocycles. The number of piperidine rings is 3. The lowest BCUT2D eigenvalue weighted by Gasteiger charge is -2.50. The predicted molar refractivity (Wildman–Crippen MR) is 69.2 cm³/mol. The zero-order valence-electron chi connectivity index (χ0n) is 10.6. The Bertz CT molecular complexity index is 435. The van der Waals surface area contributed by atoms with Gasteiger partial charge in [0.2, 0.25) is 5.78 Å². The molecule has 18 heavy (non-hydrogen) atoms. The summed E-state index contributed by atoms with van der Waals surface area (Å²) in [6.45, 7) is 3.43. The second-order valence-corrected chi connectivity index (χ2v) is 5.82. The quantitative estimate of drug-likeness (QED) is 0.648. The van der Waals surface area contributed by atoms with Gasteiger partial charge < -0.3 is 9.59 Å². The minimum atomic E-state index is -0.198. The highest BCUT2D eigenvalue weighted by Gasteiger charge is 2.46. The van der Waals surface area contributed by atoms with Gasteiger partial charge in [0.25, 0.3) is 0 Å². The molecule has 0 spiro atoms. The fourth-order valence-corrected chi connectivity index (χ4v) is 3.49. The second-order valence-electron chi connectivity index (χ2n) is 5.82. The number of ketones is 1. The van der Waals surface area contributed by atoms with Crippen LogP contribution >= 0.6 is 0 Å². The lowest BCUT2D eigenvalue weighted by atomic mass is 9.83. The normalized spacial score (nSPS) is 34.5. The molecule has 96 valence electrons. The van der Waals surface area contributed by atoms with Crippen LogP contribution in [0.2, 0.25) is 0 Å². The number of rotatable bonds is 3. The van der Waals surface area contributed by atoms with Gasteiger partial charge in [0, 0.05) is 24.3 Å². The van der Waals surface area contributed by atoms with Crippen molar-refractivity contribution in [3.63, 3.8) is 0 Å². The van der Waals surface area contributed by atoms with Crippen molar-refractivity contribution in [2.24, 2.45) is 5.92 Å². The smallest absolute Gasteiger partial charge is 0.216 e. The summed E-state index contributed by atoms with van der Waals surface area (Å²) < 4.78 is 0.797. The molecule has 0 aromatic heterocycles. The molecule has 3 nitrogen and oxygen atoms in total. The SMILES string of the molecule is O=C(C[N+]12CCC(CC1)C(O)C2)c1ccccc1. The molecule has 1 aromatic carbocycles. The van der Waals surface area contributed by atoms with Crippen LogP contribution in [-0.4, -0.2) is 47.7 Å². The molecule has 1 unspecified atom stereocenters.